The third-order valence-electron chi connectivity index (χ3n) is 3.99. The molecule has 1 aromatic carbocycles. The molecule has 3 rings (SSSR count). The van der Waals surface area contributed by atoms with Crippen molar-refractivity contribution in [3.8, 4) is 0 Å². The summed E-state index contributed by atoms with van der Waals surface area (Å²) >= 11 is 0. The molecule has 18 heavy (non-hydrogen) atoms. The van der Waals surface area contributed by atoms with Gasteiger partial charge >= 0.3 is 0 Å². The van der Waals surface area contributed by atoms with Crippen LogP contribution in [0, 0.1) is 0 Å². The molecule has 1 amide bonds. The zero-order valence-electron chi connectivity index (χ0n) is 10.9. The van der Waals surface area contributed by atoms with E-state index in [1.807, 2.05) is 11.0 Å². The van der Waals surface area contributed by atoms with Crippen molar-refractivity contribution >= 4 is 11.6 Å². The molecule has 96 valence electrons. The molecular weight excluding hydrogens is 224 g/mol. The van der Waals surface area contributed by atoms with Crippen molar-refractivity contribution in [3.63, 3.8) is 0 Å². The zero-order chi connectivity index (χ0) is 12.5. The van der Waals surface area contributed by atoms with Gasteiger partial charge in [-0.05, 0) is 56.4 Å². The van der Waals surface area contributed by atoms with Gasteiger partial charge in [0.15, 0.2) is 0 Å². The number of fused-ring (bicyclic) bond motifs is 1. The Balaban J connectivity index is 1.83. The average Bonchev–Trinajstić information content (AvgIpc) is 2.91. The summed E-state index contributed by atoms with van der Waals surface area (Å²) in [4.78, 5) is 14.3. The highest BCUT2D eigenvalue weighted by atomic mass is 16.2. The summed E-state index contributed by atoms with van der Waals surface area (Å²) in [5.74, 6) is 0.203. The predicted molar refractivity (Wildman–Crippen MR) is 73.0 cm³/mol. The molecule has 2 aliphatic rings. The van der Waals surface area contributed by atoms with E-state index in [-0.39, 0.29) is 5.91 Å². The highest BCUT2D eigenvalue weighted by Gasteiger charge is 2.21. The van der Waals surface area contributed by atoms with Gasteiger partial charge in [-0.25, -0.2) is 0 Å². The van der Waals surface area contributed by atoms with Crippen LogP contribution < -0.4 is 5.32 Å². The second kappa shape index (κ2) is 4.63. The number of aryl methyl sites for hydroxylation is 1. The molecule has 1 N–H and O–H groups in total. The molecule has 3 heteroatoms. The Morgan fingerprint density at radius 3 is 2.89 bits per heavy atom. The molecule has 0 aliphatic carbocycles. The van der Waals surface area contributed by atoms with Gasteiger partial charge in [-0.3, -0.25) is 4.79 Å². The van der Waals surface area contributed by atoms with Crippen molar-refractivity contribution in [2.75, 3.05) is 18.4 Å². The fourth-order valence-corrected chi connectivity index (χ4v) is 2.89. The Morgan fingerprint density at radius 1 is 1.33 bits per heavy atom. The second-order valence-corrected chi connectivity index (χ2v) is 5.46. The number of carbonyl (C=O) groups is 1. The third-order valence-corrected chi connectivity index (χ3v) is 3.99. The van der Waals surface area contributed by atoms with Gasteiger partial charge in [0.1, 0.15) is 0 Å². The van der Waals surface area contributed by atoms with E-state index in [0.717, 1.165) is 44.3 Å². The van der Waals surface area contributed by atoms with Crippen molar-refractivity contribution in [1.29, 1.82) is 0 Å². The van der Waals surface area contributed by atoms with Crippen molar-refractivity contribution in [2.45, 2.75) is 38.6 Å². The topological polar surface area (TPSA) is 32.3 Å². The molecule has 0 bridgehead atoms. The van der Waals surface area contributed by atoms with Gasteiger partial charge in [-0.2, -0.15) is 0 Å². The molecule has 0 spiro atoms. The van der Waals surface area contributed by atoms with Crippen LogP contribution in [0.3, 0.4) is 0 Å². The highest BCUT2D eigenvalue weighted by molar-refractivity contribution is 5.95. The minimum atomic E-state index is 0.203. The lowest BCUT2D eigenvalue weighted by atomic mass is 9.97. The number of likely N-dealkylation sites (tertiary alicyclic amines) is 1. The SMILES string of the molecule is C[C@H]1CCc2cc(C(=O)N3CCCC3)ccc2N1. The molecule has 0 aromatic heterocycles. The van der Waals surface area contributed by atoms with Crippen LogP contribution in [-0.2, 0) is 6.42 Å². The van der Waals surface area contributed by atoms with Crippen molar-refractivity contribution in [1.82, 2.24) is 4.90 Å². The summed E-state index contributed by atoms with van der Waals surface area (Å²) in [6.45, 7) is 4.04. The van der Waals surface area contributed by atoms with E-state index in [4.69, 9.17) is 0 Å². The number of carbonyl (C=O) groups excluding carboxylic acids is 1. The number of benzene rings is 1. The Kier molecular flexibility index (Phi) is 2.98. The summed E-state index contributed by atoms with van der Waals surface area (Å²) < 4.78 is 0. The van der Waals surface area contributed by atoms with E-state index in [2.05, 4.69) is 24.4 Å². The zero-order valence-corrected chi connectivity index (χ0v) is 10.9. The fraction of sp³-hybridized carbons (Fsp3) is 0.533. The first-order valence-electron chi connectivity index (χ1n) is 6.93. The average molecular weight is 244 g/mol. The number of rotatable bonds is 1. The maximum atomic E-state index is 12.3. The van der Waals surface area contributed by atoms with Gasteiger partial charge in [0, 0.05) is 30.4 Å². The van der Waals surface area contributed by atoms with Gasteiger partial charge in [-0.1, -0.05) is 0 Å². The van der Waals surface area contributed by atoms with E-state index in [9.17, 15) is 4.79 Å². The van der Waals surface area contributed by atoms with Crippen LogP contribution in [0.2, 0.25) is 0 Å². The molecule has 1 saturated heterocycles. The molecule has 1 atom stereocenters. The first kappa shape index (κ1) is 11.6. The number of amides is 1. The largest absolute Gasteiger partial charge is 0.382 e. The minimum Gasteiger partial charge on any atom is -0.382 e. The van der Waals surface area contributed by atoms with Crippen LogP contribution in [0.5, 0.6) is 0 Å². The lowest BCUT2D eigenvalue weighted by molar-refractivity contribution is 0.0792. The van der Waals surface area contributed by atoms with Gasteiger partial charge in [0.05, 0.1) is 0 Å². The van der Waals surface area contributed by atoms with Crippen LogP contribution in [0.15, 0.2) is 18.2 Å². The van der Waals surface area contributed by atoms with Gasteiger partial charge < -0.3 is 10.2 Å². The monoisotopic (exact) mass is 244 g/mol. The minimum absolute atomic E-state index is 0.203. The van der Waals surface area contributed by atoms with Gasteiger partial charge in [-0.15, -0.1) is 0 Å². The lowest BCUT2D eigenvalue weighted by Gasteiger charge is -2.25. The number of nitrogens with zero attached hydrogens (tertiary/aromatic N) is 1. The van der Waals surface area contributed by atoms with Crippen molar-refractivity contribution < 1.29 is 4.79 Å². The molecule has 0 unspecified atom stereocenters. The summed E-state index contributed by atoms with van der Waals surface area (Å²) in [7, 11) is 0. The number of anilines is 1. The van der Waals surface area contributed by atoms with Crippen molar-refractivity contribution in [3.05, 3.63) is 29.3 Å². The smallest absolute Gasteiger partial charge is 0.253 e. The highest BCUT2D eigenvalue weighted by Crippen LogP contribution is 2.26. The first-order valence-corrected chi connectivity index (χ1v) is 6.93. The number of hydrogen-bond donors (Lipinski definition) is 1. The van der Waals surface area contributed by atoms with Crippen LogP contribution >= 0.6 is 0 Å². The Morgan fingerprint density at radius 2 is 2.11 bits per heavy atom. The standard InChI is InChI=1S/C15H20N2O/c1-11-4-5-12-10-13(6-7-14(12)16-11)15(18)17-8-2-3-9-17/h6-7,10-11,16H,2-5,8-9H2,1H3/t11-/m0/s1. The lowest BCUT2D eigenvalue weighted by Crippen LogP contribution is -2.28. The van der Waals surface area contributed by atoms with Crippen LogP contribution in [0.25, 0.3) is 0 Å². The molecule has 0 radical (unpaired) electrons. The molecule has 2 heterocycles. The van der Waals surface area contributed by atoms with E-state index in [1.54, 1.807) is 0 Å². The molecule has 3 nitrogen and oxygen atoms in total. The van der Waals surface area contributed by atoms with Crippen LogP contribution in [-0.4, -0.2) is 29.9 Å². The quantitative estimate of drug-likeness (QED) is 0.823. The molecule has 0 saturated carbocycles. The molecule has 1 fully saturated rings. The Hall–Kier alpha value is -1.51. The molecule has 1 aromatic rings. The summed E-state index contributed by atoms with van der Waals surface area (Å²) in [6.07, 6.45) is 4.52. The Bertz CT molecular complexity index is 464. The van der Waals surface area contributed by atoms with Crippen LogP contribution in [0.1, 0.15) is 42.1 Å². The van der Waals surface area contributed by atoms with E-state index in [1.165, 1.54) is 11.3 Å². The first-order chi connectivity index (χ1) is 8.74. The fourth-order valence-electron chi connectivity index (χ4n) is 2.89. The Labute approximate surface area is 108 Å². The maximum absolute atomic E-state index is 12.3. The van der Waals surface area contributed by atoms with Crippen LogP contribution in [0.4, 0.5) is 5.69 Å². The second-order valence-electron chi connectivity index (χ2n) is 5.46. The maximum Gasteiger partial charge on any atom is 0.253 e. The predicted octanol–water partition coefficient (Wildman–Crippen LogP) is 2.67. The normalized spacial score (nSPS) is 22.5. The van der Waals surface area contributed by atoms with E-state index >= 15 is 0 Å². The van der Waals surface area contributed by atoms with E-state index in [0.29, 0.717) is 6.04 Å². The molecular formula is C15H20N2O. The van der Waals surface area contributed by atoms with Crippen molar-refractivity contribution in [2.24, 2.45) is 0 Å². The summed E-state index contributed by atoms with van der Waals surface area (Å²) in [6, 6.07) is 6.64. The molecule has 2 aliphatic heterocycles. The third kappa shape index (κ3) is 2.09. The summed E-state index contributed by atoms with van der Waals surface area (Å²) in [5.41, 5.74) is 3.34. The van der Waals surface area contributed by atoms with Gasteiger partial charge in [0.25, 0.3) is 5.91 Å². The van der Waals surface area contributed by atoms with Gasteiger partial charge in [0.2, 0.25) is 0 Å². The summed E-state index contributed by atoms with van der Waals surface area (Å²) in [5, 5.41) is 3.47. The number of nitrogens with one attached hydrogen (secondary N) is 1. The number of hydrogen-bond acceptors (Lipinski definition) is 2. The van der Waals surface area contributed by atoms with E-state index < -0.39 is 0 Å².